The van der Waals surface area contributed by atoms with Crippen LogP contribution in [-0.2, 0) is 19.6 Å². The Labute approximate surface area is 197 Å². The molecule has 1 aliphatic heterocycles. The van der Waals surface area contributed by atoms with Gasteiger partial charge in [-0.25, -0.2) is 8.42 Å². The summed E-state index contributed by atoms with van der Waals surface area (Å²) in [6, 6.07) is 11.8. The first-order chi connectivity index (χ1) is 15.6. The summed E-state index contributed by atoms with van der Waals surface area (Å²) in [7, 11) is -3.92. The molecule has 0 bridgehead atoms. The summed E-state index contributed by atoms with van der Waals surface area (Å²) in [5.74, 6) is -0.590. The predicted octanol–water partition coefficient (Wildman–Crippen LogP) is 3.46. The van der Waals surface area contributed by atoms with Gasteiger partial charge in [0.1, 0.15) is 0 Å². The zero-order valence-electron chi connectivity index (χ0n) is 18.8. The molecule has 2 aromatic rings. The Balaban J connectivity index is 1.79. The van der Waals surface area contributed by atoms with Gasteiger partial charge in [-0.3, -0.25) is 14.9 Å². The van der Waals surface area contributed by atoms with Crippen LogP contribution in [0.25, 0.3) is 0 Å². The number of thioether (sulfide) groups is 1. The van der Waals surface area contributed by atoms with Gasteiger partial charge in [-0.15, -0.1) is 11.8 Å². The maximum atomic E-state index is 13.3. The normalized spacial score (nSPS) is 17.1. The lowest BCUT2D eigenvalue weighted by Gasteiger charge is -2.40. The van der Waals surface area contributed by atoms with Crippen molar-refractivity contribution in [1.82, 2.24) is 4.31 Å². The Morgan fingerprint density at radius 2 is 2.00 bits per heavy atom. The van der Waals surface area contributed by atoms with Crippen LogP contribution in [0, 0.1) is 17.0 Å². The van der Waals surface area contributed by atoms with Gasteiger partial charge in [-0.05, 0) is 50.6 Å². The van der Waals surface area contributed by atoms with Crippen LogP contribution in [0.5, 0.6) is 0 Å². The van der Waals surface area contributed by atoms with Gasteiger partial charge in [0.05, 0.1) is 27.1 Å². The van der Waals surface area contributed by atoms with Crippen LogP contribution in [0.15, 0.2) is 52.3 Å². The fraction of sp³-hybridized carbons (Fsp3) is 0.409. The number of ether oxygens (including phenoxy) is 1. The average Bonchev–Trinajstić information content (AvgIpc) is 2.77. The van der Waals surface area contributed by atoms with Crippen LogP contribution < -0.4 is 4.90 Å². The van der Waals surface area contributed by atoms with Crippen molar-refractivity contribution in [3.8, 4) is 0 Å². The monoisotopic (exact) mass is 493 g/mol. The van der Waals surface area contributed by atoms with Crippen LogP contribution in [-0.4, -0.2) is 61.7 Å². The maximum Gasteiger partial charge on any atom is 0.316 e. The van der Waals surface area contributed by atoms with E-state index < -0.39 is 20.9 Å². The number of nitrogens with zero attached hydrogens (tertiary/aromatic N) is 3. The van der Waals surface area contributed by atoms with Gasteiger partial charge in [0.25, 0.3) is 5.69 Å². The summed E-state index contributed by atoms with van der Waals surface area (Å²) in [4.78, 5) is 24.8. The molecule has 1 heterocycles. The van der Waals surface area contributed by atoms with E-state index in [1.165, 1.54) is 16.4 Å². The molecule has 0 amide bonds. The number of carbonyl (C=O) groups excluding carboxylic acids is 1. The third-order valence-electron chi connectivity index (χ3n) is 5.34. The van der Waals surface area contributed by atoms with Crippen molar-refractivity contribution in [1.29, 1.82) is 0 Å². The molecule has 178 valence electrons. The number of hydrogen-bond donors (Lipinski definition) is 0. The number of esters is 1. The van der Waals surface area contributed by atoms with Crippen LogP contribution in [0.4, 0.5) is 11.4 Å². The number of sulfonamides is 1. The Hall–Kier alpha value is -2.63. The second-order valence-electron chi connectivity index (χ2n) is 7.72. The molecule has 1 aliphatic rings. The van der Waals surface area contributed by atoms with Gasteiger partial charge in [-0.1, -0.05) is 12.1 Å². The van der Waals surface area contributed by atoms with Crippen molar-refractivity contribution < 1.29 is 22.9 Å². The first-order valence-corrected chi connectivity index (χ1v) is 13.0. The van der Waals surface area contributed by atoms with E-state index in [2.05, 4.69) is 11.0 Å². The summed E-state index contributed by atoms with van der Waals surface area (Å²) in [6.45, 7) is 6.91. The highest BCUT2D eigenvalue weighted by molar-refractivity contribution is 8.00. The number of nitro groups is 1. The molecule has 1 saturated heterocycles. The molecule has 0 radical (unpaired) electrons. The molecule has 2 aromatic carbocycles. The zero-order valence-corrected chi connectivity index (χ0v) is 20.4. The van der Waals surface area contributed by atoms with E-state index in [1.807, 2.05) is 32.0 Å². The third-order valence-corrected chi connectivity index (χ3v) is 8.24. The van der Waals surface area contributed by atoms with E-state index in [4.69, 9.17) is 4.74 Å². The molecule has 0 saturated carbocycles. The second-order valence-corrected chi connectivity index (χ2v) is 10.7. The lowest BCUT2D eigenvalue weighted by atomic mass is 10.1. The van der Waals surface area contributed by atoms with E-state index >= 15 is 0 Å². The number of hydrogen-bond acceptors (Lipinski definition) is 8. The smallest absolute Gasteiger partial charge is 0.316 e. The van der Waals surface area contributed by atoms with Crippen molar-refractivity contribution >= 4 is 39.1 Å². The molecule has 9 nitrogen and oxygen atoms in total. The summed E-state index contributed by atoms with van der Waals surface area (Å²) in [5.41, 5.74) is 1.82. The first kappa shape index (κ1) is 25.0. The van der Waals surface area contributed by atoms with Crippen LogP contribution in [0.3, 0.4) is 0 Å². The minimum absolute atomic E-state index is 0.0651. The van der Waals surface area contributed by atoms with Gasteiger partial charge in [0, 0.05) is 37.4 Å². The SMILES string of the molecule is CCOC(=O)CSc1ccc(S(=O)(=O)N2CCN(c3cccc(C)c3)[C@@H](C)C2)cc1[N+](=O)[O-]. The van der Waals surface area contributed by atoms with E-state index in [9.17, 15) is 23.3 Å². The molecule has 3 rings (SSSR count). The number of piperazine rings is 1. The number of benzene rings is 2. The fourth-order valence-corrected chi connectivity index (χ4v) is 6.08. The molecule has 1 fully saturated rings. The lowest BCUT2D eigenvalue weighted by molar-refractivity contribution is -0.388. The number of rotatable bonds is 8. The molecule has 0 unspecified atom stereocenters. The van der Waals surface area contributed by atoms with E-state index in [1.54, 1.807) is 6.92 Å². The maximum absolute atomic E-state index is 13.3. The highest BCUT2D eigenvalue weighted by Gasteiger charge is 2.33. The van der Waals surface area contributed by atoms with Gasteiger partial charge in [-0.2, -0.15) is 4.31 Å². The molecular weight excluding hydrogens is 466 g/mol. The number of carbonyl (C=O) groups is 1. The minimum Gasteiger partial charge on any atom is -0.465 e. The molecule has 33 heavy (non-hydrogen) atoms. The molecule has 0 aliphatic carbocycles. The van der Waals surface area contributed by atoms with Crippen LogP contribution in [0.1, 0.15) is 19.4 Å². The first-order valence-electron chi connectivity index (χ1n) is 10.5. The summed E-state index contributed by atoms with van der Waals surface area (Å²) >= 11 is 0.946. The van der Waals surface area contributed by atoms with Crippen molar-refractivity contribution in [2.75, 3.05) is 36.9 Å². The van der Waals surface area contributed by atoms with Gasteiger partial charge in [0.2, 0.25) is 10.0 Å². The largest absolute Gasteiger partial charge is 0.465 e. The predicted molar refractivity (Wildman–Crippen MR) is 127 cm³/mol. The number of aryl methyl sites for hydroxylation is 1. The topological polar surface area (TPSA) is 110 Å². The van der Waals surface area contributed by atoms with E-state index in [0.717, 1.165) is 29.1 Å². The Morgan fingerprint density at radius 1 is 1.24 bits per heavy atom. The summed E-state index contributed by atoms with van der Waals surface area (Å²) in [5, 5.41) is 11.6. The molecular formula is C22H27N3O6S2. The molecule has 11 heteroatoms. The van der Waals surface area contributed by atoms with Crippen molar-refractivity contribution in [2.45, 2.75) is 36.6 Å². The standard InChI is InChI=1S/C22H27N3O6S2/c1-4-31-22(26)15-32-21-9-8-19(13-20(21)25(27)28)33(29,30)23-10-11-24(17(3)14-23)18-7-5-6-16(2)12-18/h5-9,12-13,17H,4,10-11,14-15H2,1-3H3/t17-/m0/s1. The Bertz CT molecular complexity index is 1140. The lowest BCUT2D eigenvalue weighted by Crippen LogP contribution is -2.53. The Kier molecular flexibility index (Phi) is 7.98. The van der Waals surface area contributed by atoms with Gasteiger partial charge < -0.3 is 9.64 Å². The van der Waals surface area contributed by atoms with Crippen LogP contribution in [0.2, 0.25) is 0 Å². The molecule has 0 N–H and O–H groups in total. The van der Waals surface area contributed by atoms with Gasteiger partial charge >= 0.3 is 5.97 Å². The van der Waals surface area contributed by atoms with Crippen LogP contribution >= 0.6 is 11.8 Å². The highest BCUT2D eigenvalue weighted by Crippen LogP contribution is 2.33. The summed E-state index contributed by atoms with van der Waals surface area (Å²) < 4.78 is 32.8. The third kappa shape index (κ3) is 5.84. The fourth-order valence-electron chi connectivity index (χ4n) is 3.74. The second kappa shape index (κ2) is 10.5. The van der Waals surface area contributed by atoms with Crippen molar-refractivity contribution in [3.05, 3.63) is 58.1 Å². The quantitative estimate of drug-likeness (QED) is 0.238. The van der Waals surface area contributed by atoms with Crippen molar-refractivity contribution in [2.24, 2.45) is 0 Å². The zero-order chi connectivity index (χ0) is 24.2. The average molecular weight is 494 g/mol. The van der Waals surface area contributed by atoms with E-state index in [-0.39, 0.29) is 47.0 Å². The number of anilines is 1. The number of nitro benzene ring substituents is 1. The minimum atomic E-state index is -3.92. The molecule has 1 atom stereocenters. The van der Waals surface area contributed by atoms with Crippen molar-refractivity contribution in [3.63, 3.8) is 0 Å². The van der Waals surface area contributed by atoms with Gasteiger partial charge in [0.15, 0.2) is 0 Å². The highest BCUT2D eigenvalue weighted by atomic mass is 32.2. The molecule has 0 aromatic heterocycles. The Morgan fingerprint density at radius 3 is 2.64 bits per heavy atom. The summed E-state index contributed by atoms with van der Waals surface area (Å²) in [6.07, 6.45) is 0. The van der Waals surface area contributed by atoms with E-state index in [0.29, 0.717) is 6.54 Å². The molecule has 0 spiro atoms.